The molecule has 46 heavy (non-hydrogen) atoms. The summed E-state index contributed by atoms with van der Waals surface area (Å²) < 4.78 is 13.7. The Bertz CT molecular complexity index is 1910. The van der Waals surface area contributed by atoms with Gasteiger partial charge in [0.05, 0.1) is 23.2 Å². The van der Waals surface area contributed by atoms with Crippen molar-refractivity contribution >= 4 is 29.7 Å². The second kappa shape index (κ2) is 12.4. The maximum absolute atomic E-state index is 13.7. The number of aryl methyl sites for hydroxylation is 3. The molecular weight excluding hydrogens is 593 g/mol. The molecule has 0 saturated carbocycles. The molecule has 0 unspecified atom stereocenters. The van der Waals surface area contributed by atoms with Crippen molar-refractivity contribution in [3.05, 3.63) is 122 Å². The van der Waals surface area contributed by atoms with Gasteiger partial charge in [-0.3, -0.25) is 9.59 Å². The predicted molar refractivity (Wildman–Crippen MR) is 164 cm³/mol. The molecule has 0 aliphatic heterocycles. The lowest BCUT2D eigenvalue weighted by Crippen LogP contribution is -2.30. The number of hydrogen-bond acceptors (Lipinski definition) is 7. The monoisotopic (exact) mass is 623 g/mol. The van der Waals surface area contributed by atoms with Gasteiger partial charge in [-0.1, -0.05) is 24.3 Å². The smallest absolute Gasteiger partial charge is 0.335 e. The van der Waals surface area contributed by atoms with Crippen LogP contribution >= 0.6 is 0 Å². The lowest BCUT2D eigenvalue weighted by Gasteiger charge is -2.17. The summed E-state index contributed by atoms with van der Waals surface area (Å²) in [5.41, 5.74) is 4.82. The van der Waals surface area contributed by atoms with Gasteiger partial charge in [-0.05, 0) is 96.3 Å². The zero-order chi connectivity index (χ0) is 32.5. The van der Waals surface area contributed by atoms with Gasteiger partial charge >= 0.3 is 11.9 Å². The minimum absolute atomic E-state index is 0.0460. The summed E-state index contributed by atoms with van der Waals surface area (Å²) in [6.07, 6.45) is 2.42. The summed E-state index contributed by atoms with van der Waals surface area (Å²) in [6.45, 7) is 1.73. The van der Waals surface area contributed by atoms with E-state index in [0.29, 0.717) is 36.8 Å². The molecule has 0 saturated heterocycles. The Balaban J connectivity index is 1.26. The number of benzene rings is 3. The number of hydrogen-bond donors (Lipinski definition) is 5. The van der Waals surface area contributed by atoms with Gasteiger partial charge in [0, 0.05) is 12.6 Å². The van der Waals surface area contributed by atoms with E-state index in [0.717, 1.165) is 22.3 Å². The summed E-state index contributed by atoms with van der Waals surface area (Å²) in [7, 11) is 0. The fourth-order valence-electron chi connectivity index (χ4n) is 6.02. The van der Waals surface area contributed by atoms with E-state index >= 15 is 0 Å². The van der Waals surface area contributed by atoms with Gasteiger partial charge in [0.25, 0.3) is 11.8 Å². The molecular formula is C34H30FN5O6. The first-order valence-corrected chi connectivity index (χ1v) is 14.8. The van der Waals surface area contributed by atoms with Crippen LogP contribution < -0.4 is 16.0 Å². The minimum atomic E-state index is -1.02. The van der Waals surface area contributed by atoms with E-state index in [1.54, 1.807) is 43.3 Å². The summed E-state index contributed by atoms with van der Waals surface area (Å²) in [6, 6.07) is 14.9. The zero-order valence-corrected chi connectivity index (χ0v) is 24.8. The first-order chi connectivity index (χ1) is 22.0. The number of fused-ring (bicyclic) bond motifs is 2. The third-order valence-electron chi connectivity index (χ3n) is 8.41. The van der Waals surface area contributed by atoms with Crippen LogP contribution in [0.15, 0.2) is 60.7 Å². The fourth-order valence-corrected chi connectivity index (χ4v) is 6.02. The van der Waals surface area contributed by atoms with Crippen LogP contribution in [0.5, 0.6) is 0 Å². The first kappa shape index (κ1) is 30.4. The van der Waals surface area contributed by atoms with Gasteiger partial charge in [0.2, 0.25) is 5.95 Å². The van der Waals surface area contributed by atoms with Crippen molar-refractivity contribution in [3.8, 4) is 0 Å². The second-order valence-corrected chi connectivity index (χ2v) is 11.5. The van der Waals surface area contributed by atoms with Crippen LogP contribution in [0.3, 0.4) is 0 Å². The van der Waals surface area contributed by atoms with Crippen molar-refractivity contribution in [3.63, 3.8) is 0 Å². The number of amides is 2. The maximum Gasteiger partial charge on any atom is 0.335 e. The highest BCUT2D eigenvalue weighted by atomic mass is 19.1. The molecule has 0 spiro atoms. The molecule has 2 aliphatic rings. The molecule has 3 aromatic carbocycles. The molecule has 12 heteroatoms. The number of halogens is 1. The van der Waals surface area contributed by atoms with Gasteiger partial charge in [-0.2, -0.15) is 0 Å². The fraction of sp³-hybridized carbons (Fsp3) is 0.235. The number of carboxylic acid groups (broad SMARTS) is 2. The van der Waals surface area contributed by atoms with E-state index < -0.39 is 23.8 Å². The Morgan fingerprint density at radius 1 is 0.783 bits per heavy atom. The van der Waals surface area contributed by atoms with Crippen LogP contribution in [0.2, 0.25) is 0 Å². The van der Waals surface area contributed by atoms with E-state index in [9.17, 15) is 33.8 Å². The quantitative estimate of drug-likeness (QED) is 0.176. The third kappa shape index (κ3) is 6.27. The average Bonchev–Trinajstić information content (AvgIpc) is 3.64. The molecule has 1 aromatic heterocycles. The van der Waals surface area contributed by atoms with E-state index in [4.69, 9.17) is 0 Å². The molecule has 6 rings (SSSR count). The average molecular weight is 624 g/mol. The number of nitrogens with zero attached hydrogens (tertiary/aromatic N) is 2. The molecule has 2 amide bonds. The van der Waals surface area contributed by atoms with Crippen molar-refractivity contribution in [1.29, 1.82) is 0 Å². The summed E-state index contributed by atoms with van der Waals surface area (Å²) in [5.74, 6) is -3.44. The number of aromatic carboxylic acids is 2. The van der Waals surface area contributed by atoms with E-state index in [-0.39, 0.29) is 52.9 Å². The lowest BCUT2D eigenvalue weighted by atomic mass is 10.0. The number of anilines is 1. The Hall–Kier alpha value is -5.65. The highest BCUT2D eigenvalue weighted by Crippen LogP contribution is 2.35. The van der Waals surface area contributed by atoms with Crippen molar-refractivity contribution in [1.82, 2.24) is 20.6 Å². The van der Waals surface area contributed by atoms with Crippen LogP contribution in [0.25, 0.3) is 0 Å². The highest BCUT2D eigenvalue weighted by molar-refractivity contribution is 5.98. The van der Waals surface area contributed by atoms with E-state index in [1.165, 1.54) is 24.3 Å². The Morgan fingerprint density at radius 2 is 1.37 bits per heavy atom. The van der Waals surface area contributed by atoms with Crippen LogP contribution in [0.4, 0.5) is 10.3 Å². The van der Waals surface area contributed by atoms with E-state index in [2.05, 4.69) is 25.9 Å². The van der Waals surface area contributed by atoms with Crippen molar-refractivity contribution in [2.24, 2.45) is 0 Å². The van der Waals surface area contributed by atoms with Gasteiger partial charge in [-0.15, -0.1) is 0 Å². The second-order valence-electron chi connectivity index (χ2n) is 11.5. The summed E-state index contributed by atoms with van der Waals surface area (Å²) in [5, 5.41) is 27.6. The molecule has 4 aromatic rings. The highest BCUT2D eigenvalue weighted by Gasteiger charge is 2.28. The van der Waals surface area contributed by atoms with Crippen molar-refractivity contribution < 1.29 is 33.8 Å². The standard InChI is InChI=1S/C34H30FN5O6/c1-17-12-18(2-9-25(17)35)16-36-30(41)28-15-29(31(42)37-26-10-5-19-13-21(32(43)44)3-7-23(19)26)40-34(39-28)38-27-11-6-20-14-22(33(45)46)4-8-24(20)27/h2-4,7-9,12-15,26-27H,5-6,10-11,16H2,1H3,(H,36,41)(H,37,42)(H,43,44)(H,45,46)(H,38,39,40)/t26-,27-/m0/s1. The number of carbonyl (C=O) groups excluding carboxylic acids is 2. The summed E-state index contributed by atoms with van der Waals surface area (Å²) in [4.78, 5) is 58.5. The van der Waals surface area contributed by atoms with Crippen molar-refractivity contribution in [2.75, 3.05) is 5.32 Å². The van der Waals surface area contributed by atoms with Crippen LogP contribution in [0.1, 0.15) is 100.0 Å². The number of nitrogens with one attached hydrogen (secondary N) is 3. The minimum Gasteiger partial charge on any atom is -0.478 e. The van der Waals surface area contributed by atoms with Gasteiger partial charge in [0.1, 0.15) is 17.2 Å². The van der Waals surface area contributed by atoms with Crippen LogP contribution in [-0.2, 0) is 19.4 Å². The molecule has 5 N–H and O–H groups in total. The first-order valence-electron chi connectivity index (χ1n) is 14.8. The largest absolute Gasteiger partial charge is 0.478 e. The molecule has 2 aliphatic carbocycles. The Labute approximate surface area is 262 Å². The molecule has 1 heterocycles. The van der Waals surface area contributed by atoms with Gasteiger partial charge in [-0.25, -0.2) is 23.9 Å². The maximum atomic E-state index is 13.7. The third-order valence-corrected chi connectivity index (χ3v) is 8.41. The van der Waals surface area contributed by atoms with Crippen LogP contribution in [0, 0.1) is 12.7 Å². The predicted octanol–water partition coefficient (Wildman–Crippen LogP) is 4.77. The topological polar surface area (TPSA) is 171 Å². The molecule has 0 radical (unpaired) electrons. The van der Waals surface area contributed by atoms with Gasteiger partial charge in [0.15, 0.2) is 0 Å². The number of rotatable bonds is 9. The summed E-state index contributed by atoms with van der Waals surface area (Å²) >= 11 is 0. The van der Waals surface area contributed by atoms with Gasteiger partial charge < -0.3 is 26.2 Å². The molecule has 234 valence electrons. The normalized spacial score (nSPS) is 16.3. The van der Waals surface area contributed by atoms with Crippen LogP contribution in [-0.4, -0.2) is 43.9 Å². The molecule has 0 fully saturated rings. The Morgan fingerprint density at radius 3 is 1.98 bits per heavy atom. The molecule has 2 atom stereocenters. The number of carbonyl (C=O) groups is 4. The molecule has 11 nitrogen and oxygen atoms in total. The Kier molecular flexibility index (Phi) is 8.18. The number of carboxylic acids is 2. The lowest BCUT2D eigenvalue weighted by molar-refractivity contribution is 0.0686. The van der Waals surface area contributed by atoms with Crippen molar-refractivity contribution in [2.45, 2.75) is 51.2 Å². The SMILES string of the molecule is Cc1cc(CNC(=O)c2cc(C(=O)N[C@H]3CCc4cc(C(=O)O)ccc43)nc(N[C@H]3CCc4cc(C(=O)O)ccc43)n2)ccc1F. The van der Waals surface area contributed by atoms with E-state index in [1.807, 2.05) is 0 Å². The zero-order valence-electron chi connectivity index (χ0n) is 24.8. The molecule has 0 bridgehead atoms. The number of aromatic nitrogens is 2.